The average Bonchev–Trinajstić information content (AvgIpc) is 2.38. The fourth-order valence-corrected chi connectivity index (χ4v) is 1.30. The smallest absolute Gasteiger partial charge is 0.138 e. The molecule has 0 bridgehead atoms. The van der Waals surface area contributed by atoms with Gasteiger partial charge in [-0.05, 0) is 17.7 Å². The first-order chi connectivity index (χ1) is 8.77. The Morgan fingerprint density at radius 3 is 2.89 bits per heavy atom. The highest BCUT2D eigenvalue weighted by Crippen LogP contribution is 2.10. The van der Waals surface area contributed by atoms with Crippen molar-refractivity contribution in [3.63, 3.8) is 0 Å². The van der Waals surface area contributed by atoms with Crippen LogP contribution in [0.25, 0.3) is 0 Å². The van der Waals surface area contributed by atoms with E-state index in [0.29, 0.717) is 31.8 Å². The van der Waals surface area contributed by atoms with E-state index in [1.54, 1.807) is 19.2 Å². The molecule has 0 aliphatic carbocycles. The minimum atomic E-state index is -0.360. The molecule has 0 unspecified atom stereocenters. The molecule has 0 aromatic heterocycles. The quantitative estimate of drug-likeness (QED) is 0.619. The zero-order valence-corrected chi connectivity index (χ0v) is 10.4. The van der Waals surface area contributed by atoms with Crippen molar-refractivity contribution in [1.29, 1.82) is 0 Å². The van der Waals surface area contributed by atoms with Gasteiger partial charge in [-0.15, -0.1) is 0 Å². The van der Waals surface area contributed by atoms with Gasteiger partial charge in [-0.25, -0.2) is 4.39 Å². The van der Waals surface area contributed by atoms with Crippen LogP contribution in [0.1, 0.15) is 17.5 Å². The van der Waals surface area contributed by atoms with Crippen molar-refractivity contribution in [2.24, 2.45) is 0 Å². The summed E-state index contributed by atoms with van der Waals surface area (Å²) < 4.78 is 23.6. The van der Waals surface area contributed by atoms with E-state index in [0.717, 1.165) is 5.56 Å². The minimum absolute atomic E-state index is 0.0194. The summed E-state index contributed by atoms with van der Waals surface area (Å²) in [5.41, 5.74) is 1.19. The molecule has 18 heavy (non-hydrogen) atoms. The van der Waals surface area contributed by atoms with Gasteiger partial charge in [0.15, 0.2) is 0 Å². The van der Waals surface area contributed by atoms with Gasteiger partial charge in [-0.2, -0.15) is 0 Å². The monoisotopic (exact) mass is 252 g/mol. The van der Waals surface area contributed by atoms with Crippen LogP contribution in [0.5, 0.6) is 0 Å². The van der Waals surface area contributed by atoms with E-state index >= 15 is 0 Å². The summed E-state index contributed by atoms with van der Waals surface area (Å²) >= 11 is 0. The first kappa shape index (κ1) is 14.7. The van der Waals surface area contributed by atoms with Crippen LogP contribution >= 0.6 is 0 Å². The lowest BCUT2D eigenvalue weighted by Gasteiger charge is -2.04. The third kappa shape index (κ3) is 5.28. The molecule has 4 heteroatoms. The van der Waals surface area contributed by atoms with E-state index in [1.165, 1.54) is 6.07 Å². The lowest BCUT2D eigenvalue weighted by Crippen LogP contribution is -2.02. The van der Waals surface area contributed by atoms with Crippen molar-refractivity contribution in [2.45, 2.75) is 13.0 Å². The lowest BCUT2D eigenvalue weighted by atomic mass is 10.1. The zero-order chi connectivity index (χ0) is 13.2. The fraction of sp³-hybridized carbons (Fsp3) is 0.429. The second-order valence-electron chi connectivity index (χ2n) is 3.63. The van der Waals surface area contributed by atoms with E-state index in [4.69, 9.17) is 14.6 Å². The summed E-state index contributed by atoms with van der Waals surface area (Å²) in [6.45, 7) is 1.41. The Bertz CT molecular complexity index is 421. The molecular weight excluding hydrogens is 235 g/mol. The molecule has 1 aromatic carbocycles. The molecule has 0 radical (unpaired) electrons. The molecule has 0 saturated heterocycles. The lowest BCUT2D eigenvalue weighted by molar-refractivity contribution is 0.0616. The van der Waals surface area contributed by atoms with Gasteiger partial charge >= 0.3 is 0 Å². The first-order valence-electron chi connectivity index (χ1n) is 5.72. The number of ether oxygens (including phenoxy) is 2. The van der Waals surface area contributed by atoms with Gasteiger partial charge in [-0.3, -0.25) is 0 Å². The summed E-state index contributed by atoms with van der Waals surface area (Å²) in [4.78, 5) is 0. The molecule has 0 aliphatic heterocycles. The standard InChI is InChI=1S/C14H17FO3/c1-17-8-9-18-11-12-5-6-14(15)13(10-12)4-2-3-7-16/h5-6,10,16H,3,7-9,11H2,1H3. The Labute approximate surface area is 107 Å². The topological polar surface area (TPSA) is 38.7 Å². The highest BCUT2D eigenvalue weighted by Gasteiger charge is 2.01. The van der Waals surface area contributed by atoms with Gasteiger partial charge in [-0.1, -0.05) is 17.9 Å². The molecule has 0 amide bonds. The number of hydrogen-bond donors (Lipinski definition) is 1. The average molecular weight is 252 g/mol. The first-order valence-corrected chi connectivity index (χ1v) is 5.72. The van der Waals surface area contributed by atoms with Gasteiger partial charge < -0.3 is 14.6 Å². The third-order valence-corrected chi connectivity index (χ3v) is 2.19. The van der Waals surface area contributed by atoms with Crippen LogP contribution in [0.3, 0.4) is 0 Å². The second kappa shape index (κ2) is 8.65. The molecule has 1 N–H and O–H groups in total. The van der Waals surface area contributed by atoms with Gasteiger partial charge in [0.05, 0.1) is 32.0 Å². The van der Waals surface area contributed by atoms with Crippen LogP contribution in [-0.4, -0.2) is 32.0 Å². The molecule has 3 nitrogen and oxygen atoms in total. The van der Waals surface area contributed by atoms with E-state index in [2.05, 4.69) is 11.8 Å². The Morgan fingerprint density at radius 2 is 2.17 bits per heavy atom. The predicted octanol–water partition coefficient (Wildman–Crippen LogP) is 1.72. The van der Waals surface area contributed by atoms with E-state index in [1.807, 2.05) is 0 Å². The maximum Gasteiger partial charge on any atom is 0.138 e. The second-order valence-corrected chi connectivity index (χ2v) is 3.63. The van der Waals surface area contributed by atoms with Crippen molar-refractivity contribution < 1.29 is 19.0 Å². The maximum atomic E-state index is 13.4. The van der Waals surface area contributed by atoms with Crippen LogP contribution in [0.15, 0.2) is 18.2 Å². The largest absolute Gasteiger partial charge is 0.395 e. The van der Waals surface area contributed by atoms with Crippen molar-refractivity contribution in [3.8, 4) is 11.8 Å². The number of benzene rings is 1. The Morgan fingerprint density at radius 1 is 1.33 bits per heavy atom. The number of methoxy groups -OCH3 is 1. The van der Waals surface area contributed by atoms with Gasteiger partial charge in [0.1, 0.15) is 5.82 Å². The fourth-order valence-electron chi connectivity index (χ4n) is 1.30. The van der Waals surface area contributed by atoms with Crippen LogP contribution < -0.4 is 0 Å². The van der Waals surface area contributed by atoms with Crippen LogP contribution in [0.2, 0.25) is 0 Å². The van der Waals surface area contributed by atoms with E-state index < -0.39 is 0 Å². The van der Waals surface area contributed by atoms with E-state index in [9.17, 15) is 4.39 Å². The molecular formula is C14H17FO3. The Hall–Kier alpha value is -1.41. The van der Waals surface area contributed by atoms with Gasteiger partial charge in [0, 0.05) is 13.5 Å². The molecule has 0 aliphatic rings. The van der Waals surface area contributed by atoms with Crippen molar-refractivity contribution in [2.75, 3.05) is 26.9 Å². The molecule has 0 saturated carbocycles. The number of aliphatic hydroxyl groups excluding tert-OH is 1. The Kier molecular flexibility index (Phi) is 7.04. The molecule has 1 rings (SSSR count). The van der Waals surface area contributed by atoms with Crippen molar-refractivity contribution in [1.82, 2.24) is 0 Å². The zero-order valence-electron chi connectivity index (χ0n) is 10.4. The molecule has 0 atom stereocenters. The van der Waals surface area contributed by atoms with Gasteiger partial charge in [0.25, 0.3) is 0 Å². The predicted molar refractivity (Wildman–Crippen MR) is 66.5 cm³/mol. The third-order valence-electron chi connectivity index (χ3n) is 2.19. The minimum Gasteiger partial charge on any atom is -0.395 e. The van der Waals surface area contributed by atoms with Crippen molar-refractivity contribution in [3.05, 3.63) is 35.1 Å². The van der Waals surface area contributed by atoms with E-state index in [-0.39, 0.29) is 12.4 Å². The Balaban J connectivity index is 2.60. The summed E-state index contributed by atoms with van der Waals surface area (Å²) in [6, 6.07) is 4.70. The highest BCUT2D eigenvalue weighted by molar-refractivity contribution is 5.38. The maximum absolute atomic E-state index is 13.4. The van der Waals surface area contributed by atoms with Crippen LogP contribution in [0, 0.1) is 17.7 Å². The summed E-state index contributed by atoms with van der Waals surface area (Å²) in [5, 5.41) is 8.61. The van der Waals surface area contributed by atoms with Crippen LogP contribution in [0.4, 0.5) is 4.39 Å². The highest BCUT2D eigenvalue weighted by atomic mass is 19.1. The molecule has 0 heterocycles. The number of hydrogen-bond acceptors (Lipinski definition) is 3. The van der Waals surface area contributed by atoms with Crippen molar-refractivity contribution >= 4 is 0 Å². The summed E-state index contributed by atoms with van der Waals surface area (Å²) in [7, 11) is 1.61. The number of aliphatic hydroxyl groups is 1. The summed E-state index contributed by atoms with van der Waals surface area (Å²) in [5.74, 6) is 5.03. The van der Waals surface area contributed by atoms with Gasteiger partial charge in [0.2, 0.25) is 0 Å². The molecule has 0 spiro atoms. The SMILES string of the molecule is COCCOCc1ccc(F)c(C#CCCO)c1. The normalized spacial score (nSPS) is 9.94. The summed E-state index contributed by atoms with van der Waals surface area (Å²) in [6.07, 6.45) is 0.341. The van der Waals surface area contributed by atoms with Crippen LogP contribution in [-0.2, 0) is 16.1 Å². The molecule has 98 valence electrons. The molecule has 1 aromatic rings. The number of rotatable bonds is 6. The molecule has 0 fully saturated rings. The number of halogens is 1.